The largest absolute Gasteiger partial charge is 0.511 e. The van der Waals surface area contributed by atoms with Crippen molar-refractivity contribution >= 4 is 35.7 Å². The van der Waals surface area contributed by atoms with Gasteiger partial charge < -0.3 is 39.5 Å². The fraction of sp³-hybridized carbons (Fsp3) is 0.524. The molecule has 0 bridgehead atoms. The van der Waals surface area contributed by atoms with Gasteiger partial charge in [-0.1, -0.05) is 30.3 Å². The third-order valence-corrected chi connectivity index (χ3v) is 6.78. The summed E-state index contributed by atoms with van der Waals surface area (Å²) in [6.07, 6.45) is -2.14. The Morgan fingerprint density at radius 3 is 2.39 bits per heavy atom. The number of hydrogen-bond acceptors (Lipinski definition) is 12. The number of fused-ring (bicyclic) bond motifs is 1. The van der Waals surface area contributed by atoms with Crippen molar-refractivity contribution in [2.45, 2.75) is 62.2 Å². The van der Waals surface area contributed by atoms with E-state index < -0.39 is 69.3 Å². The van der Waals surface area contributed by atoms with Gasteiger partial charge in [-0.3, -0.25) is 9.59 Å². The first-order valence-electron chi connectivity index (χ1n) is 10.7. The minimum absolute atomic E-state index is 0.122. The van der Waals surface area contributed by atoms with Gasteiger partial charge in [-0.15, -0.1) is 11.8 Å². The monoisotopic (exact) mass is 549 g/mol. The fourth-order valence-corrected chi connectivity index (χ4v) is 5.34. The molecule has 2 amide bonds. The van der Waals surface area contributed by atoms with Crippen molar-refractivity contribution in [3.8, 4) is 0 Å². The van der Waals surface area contributed by atoms with Crippen LogP contribution in [-0.4, -0.2) is 68.6 Å². The van der Waals surface area contributed by atoms with Gasteiger partial charge in [0.05, 0.1) is 6.61 Å². The zero-order valence-electron chi connectivity index (χ0n) is 19.9. The minimum atomic E-state index is -2.60. The lowest BCUT2D eigenvalue weighted by Crippen LogP contribution is -2.71. The molecule has 0 aromatic heterocycles. The van der Waals surface area contributed by atoms with Gasteiger partial charge in [0.1, 0.15) is 23.5 Å². The number of amides is 2. The number of nitrogens with zero attached hydrogens (tertiary/aromatic N) is 1. The van der Waals surface area contributed by atoms with Crippen LogP contribution < -0.4 is 20.4 Å². The third-order valence-electron chi connectivity index (χ3n) is 5.21. The number of esters is 1. The van der Waals surface area contributed by atoms with Crippen LogP contribution in [0, 0.1) is 10.8 Å². The summed E-state index contributed by atoms with van der Waals surface area (Å²) in [6, 6.07) is 6.21. The van der Waals surface area contributed by atoms with Crippen LogP contribution in [0.5, 0.6) is 0 Å². The molecule has 0 saturated carbocycles. The number of nitrogens with two attached hydrogens (primary N) is 1. The van der Waals surface area contributed by atoms with Gasteiger partial charge >= 0.3 is 12.1 Å². The molecule has 1 aromatic carbocycles. The van der Waals surface area contributed by atoms with Crippen LogP contribution in [-0.2, 0) is 28.6 Å². The van der Waals surface area contributed by atoms with Crippen LogP contribution in [0.4, 0.5) is 4.79 Å². The Balaban J connectivity index is 0.00000106. The molecule has 0 aliphatic carbocycles. The highest BCUT2D eigenvalue weighted by Gasteiger charge is 2.64. The Hall–Kier alpha value is -2.62. The van der Waals surface area contributed by atoms with Gasteiger partial charge in [0.25, 0.3) is 10.8 Å². The predicted octanol–water partition coefficient (Wildman–Crippen LogP) is -1.64. The van der Waals surface area contributed by atoms with Gasteiger partial charge in [-0.2, -0.15) is 0 Å². The molecule has 2 fully saturated rings. The minimum Gasteiger partial charge on any atom is -0.435 e. The van der Waals surface area contributed by atoms with Gasteiger partial charge in [0.2, 0.25) is 18.1 Å². The molecule has 5 atom stereocenters. The topological polar surface area (TPSA) is 204 Å². The molecule has 15 heteroatoms. The van der Waals surface area contributed by atoms with Crippen molar-refractivity contribution in [1.82, 2.24) is 10.2 Å². The van der Waals surface area contributed by atoms with E-state index in [0.717, 1.165) is 0 Å². The van der Waals surface area contributed by atoms with Crippen molar-refractivity contribution in [1.29, 1.82) is 0 Å². The molecular formula is C21H28ClN3O10S. The van der Waals surface area contributed by atoms with Crippen molar-refractivity contribution in [2.75, 3.05) is 6.61 Å². The van der Waals surface area contributed by atoms with Crippen LogP contribution in [0.2, 0.25) is 0 Å². The first-order chi connectivity index (χ1) is 16.8. The summed E-state index contributed by atoms with van der Waals surface area (Å²) in [6.45, 7) is 6.74. The van der Waals surface area contributed by atoms with E-state index in [4.69, 9.17) is 29.2 Å². The van der Waals surface area contributed by atoms with Crippen LogP contribution in [0.15, 0.2) is 30.3 Å². The predicted molar refractivity (Wildman–Crippen MR) is 117 cm³/mol. The quantitative estimate of drug-likeness (QED) is 0.199. The number of ether oxygens (including phenoxy) is 3. The maximum Gasteiger partial charge on any atom is 0.511 e. The zero-order chi connectivity index (χ0) is 27.2. The second kappa shape index (κ2) is 12.6. The van der Waals surface area contributed by atoms with Crippen LogP contribution in [0.25, 0.3) is 0 Å². The molecule has 2 heterocycles. The average molecular weight is 550 g/mol. The Bertz CT molecular complexity index is 948. The van der Waals surface area contributed by atoms with Crippen molar-refractivity contribution in [3.63, 3.8) is 0 Å². The molecule has 200 valence electrons. The van der Waals surface area contributed by atoms with Crippen molar-refractivity contribution in [3.05, 3.63) is 35.9 Å². The maximum atomic E-state index is 12.8. The van der Waals surface area contributed by atoms with Gasteiger partial charge in [-0.25, -0.2) is 9.59 Å². The Morgan fingerprint density at radius 2 is 1.83 bits per heavy atom. The lowest BCUT2D eigenvalue weighted by atomic mass is 9.95. The fourth-order valence-electron chi connectivity index (χ4n) is 3.72. The molecule has 2 aliphatic heterocycles. The highest BCUT2D eigenvalue weighted by Crippen LogP contribution is 2.51. The number of benzene rings is 1. The van der Waals surface area contributed by atoms with Crippen molar-refractivity contribution in [2.24, 2.45) is 5.73 Å². The molecule has 2 aliphatic rings. The first kappa shape index (κ1) is 29.6. The maximum absolute atomic E-state index is 12.8. The molecule has 0 spiro atoms. The number of β-lactam (4-membered cyclic amide) rings is 1. The number of rotatable bonds is 7. The molecular weight excluding hydrogens is 522 g/mol. The molecule has 4 N–H and O–H groups in total. The number of thioether (sulfide) groups is 1. The van der Waals surface area contributed by atoms with E-state index in [1.807, 2.05) is 6.07 Å². The second-order valence-corrected chi connectivity index (χ2v) is 10.3. The summed E-state index contributed by atoms with van der Waals surface area (Å²) in [7, 11) is -2.60. The highest BCUT2D eigenvalue weighted by molar-refractivity contribution is 8.01. The second-order valence-electron chi connectivity index (χ2n) is 8.14. The van der Waals surface area contributed by atoms with E-state index in [2.05, 4.69) is 10.1 Å². The summed E-state index contributed by atoms with van der Waals surface area (Å²) in [5.41, 5.74) is 6.65. The summed E-state index contributed by atoms with van der Waals surface area (Å²) in [5.74, 6) is -1.58. The molecule has 0 unspecified atom stereocenters. The average Bonchev–Trinajstić information content (AvgIpc) is 3.04. The number of halogens is 1. The van der Waals surface area contributed by atoms with E-state index in [0.29, 0.717) is 5.56 Å². The van der Waals surface area contributed by atoms with Crippen LogP contribution >= 0.6 is 11.8 Å². The molecule has 2 saturated heterocycles. The van der Waals surface area contributed by atoms with E-state index in [1.54, 1.807) is 45.0 Å². The van der Waals surface area contributed by atoms with E-state index in [1.165, 1.54) is 23.6 Å². The van der Waals surface area contributed by atoms with E-state index in [9.17, 15) is 19.2 Å². The van der Waals surface area contributed by atoms with Crippen LogP contribution in [0.3, 0.4) is 0 Å². The Morgan fingerprint density at radius 1 is 1.25 bits per heavy atom. The lowest BCUT2D eigenvalue weighted by Gasteiger charge is -2.44. The Kier molecular flexibility index (Phi) is 10.3. The molecule has 1 aromatic rings. The Labute approximate surface area is 214 Å². The molecule has 13 nitrogen and oxygen atoms in total. The molecule has 36 heavy (non-hydrogen) atoms. The summed E-state index contributed by atoms with van der Waals surface area (Å²) < 4.78 is 38.0. The van der Waals surface area contributed by atoms with Gasteiger partial charge in [-0.05, 0) is 26.3 Å². The lowest BCUT2D eigenvalue weighted by molar-refractivity contribution is -1.63. The van der Waals surface area contributed by atoms with Crippen molar-refractivity contribution < 1.29 is 58.1 Å². The normalized spacial score (nSPS) is 23.3. The van der Waals surface area contributed by atoms with Gasteiger partial charge in [0, 0.05) is 16.3 Å². The summed E-state index contributed by atoms with van der Waals surface area (Å²) in [4.78, 5) is 51.0. The van der Waals surface area contributed by atoms with E-state index in [-0.39, 0.29) is 6.61 Å². The molecule has 0 radical (unpaired) electrons. The van der Waals surface area contributed by atoms with Crippen LogP contribution in [0.1, 0.15) is 39.3 Å². The summed E-state index contributed by atoms with van der Waals surface area (Å²) in [5, 5.41) is 2.26. The first-order valence-corrected chi connectivity index (χ1v) is 12.5. The SMILES string of the molecule is CCOC(=O)O[C@@H](C)OC(=O)[C@@H]1N2C(=O)[C@@H](NC(=O)[C@H](N)c3ccccc3)[C@H]2SC1(C)C.[O-][Cl+2]([O-])O. The summed E-state index contributed by atoms with van der Waals surface area (Å²) >= 11 is 1.38. The number of carbonyl (C=O) groups is 4. The van der Waals surface area contributed by atoms with Gasteiger partial charge in [0.15, 0.2) is 0 Å². The zero-order valence-corrected chi connectivity index (χ0v) is 21.5. The standard InChI is InChI=1S/C21H27N3O7S.ClHO3/c1-5-29-20(28)31-11(2)30-19(27)15-21(3,4)32-18-14(17(26)24(15)18)23-16(25)13(22)12-9-7-6-8-10-12;2-1(3)4/h6-11,13-15,18H,5,22H2,1-4H3,(H,23,25);2H/t11-,13+,14+,15-,18+;/m0./s1. The molecule has 3 rings (SSSR count). The highest BCUT2D eigenvalue weighted by atomic mass is 35.6. The number of carbonyl (C=O) groups excluding carboxylic acids is 4. The number of hydrogen-bond donors (Lipinski definition) is 3. The third kappa shape index (κ3) is 7.21. The van der Waals surface area contributed by atoms with E-state index >= 15 is 0 Å². The smallest absolute Gasteiger partial charge is 0.435 e. The number of nitrogens with one attached hydrogen (secondary N) is 1.